The summed E-state index contributed by atoms with van der Waals surface area (Å²) < 4.78 is 1.66. The van der Waals surface area contributed by atoms with Gasteiger partial charge in [0.15, 0.2) is 11.8 Å². The molecule has 0 aliphatic heterocycles. The molecule has 3 rings (SSSR count). The van der Waals surface area contributed by atoms with Gasteiger partial charge in [0.2, 0.25) is 0 Å². The van der Waals surface area contributed by atoms with Crippen LogP contribution >= 0.6 is 0 Å². The van der Waals surface area contributed by atoms with E-state index < -0.39 is 0 Å². The standard InChI is InChI=1S/C14H20N2O2/c15-10-6-11-12(7-10)14(18)16(13(11)17)8-9-4-2-1-3-5-9/h9,15,17-18H,1-8H2. The average Bonchev–Trinajstić information content (AvgIpc) is 2.85. The fourth-order valence-corrected chi connectivity index (χ4v) is 3.36. The second-order valence-electron chi connectivity index (χ2n) is 5.68. The van der Waals surface area contributed by atoms with Gasteiger partial charge in [-0.1, -0.05) is 19.3 Å². The molecule has 0 amide bonds. The third kappa shape index (κ3) is 1.80. The summed E-state index contributed by atoms with van der Waals surface area (Å²) in [5, 5.41) is 28.0. The predicted octanol–water partition coefficient (Wildman–Crippen LogP) is 2.60. The Labute approximate surface area is 107 Å². The SMILES string of the molecule is N=C1Cc2c(c(O)n(CC3CCCCC3)c2O)C1. The number of nitrogens with zero attached hydrogens (tertiary/aromatic N) is 1. The van der Waals surface area contributed by atoms with Crippen LogP contribution in [-0.4, -0.2) is 20.5 Å². The van der Waals surface area contributed by atoms with E-state index in [-0.39, 0.29) is 11.8 Å². The topological polar surface area (TPSA) is 69.2 Å². The summed E-state index contributed by atoms with van der Waals surface area (Å²) in [6.07, 6.45) is 7.21. The van der Waals surface area contributed by atoms with Gasteiger partial charge in [0.05, 0.1) is 0 Å². The first kappa shape index (κ1) is 11.6. The molecule has 0 unspecified atom stereocenters. The second-order valence-corrected chi connectivity index (χ2v) is 5.68. The van der Waals surface area contributed by atoms with Crippen LogP contribution < -0.4 is 0 Å². The summed E-state index contributed by atoms with van der Waals surface area (Å²) in [5.74, 6) is 0.952. The highest BCUT2D eigenvalue weighted by Gasteiger charge is 2.29. The van der Waals surface area contributed by atoms with Crippen molar-refractivity contribution in [2.24, 2.45) is 5.92 Å². The van der Waals surface area contributed by atoms with Gasteiger partial charge in [0, 0.05) is 36.2 Å². The number of aromatic nitrogens is 1. The minimum atomic E-state index is 0.190. The molecule has 1 saturated carbocycles. The number of hydrogen-bond acceptors (Lipinski definition) is 3. The van der Waals surface area contributed by atoms with Crippen molar-refractivity contribution in [1.82, 2.24) is 4.57 Å². The number of nitrogens with one attached hydrogen (secondary N) is 1. The quantitative estimate of drug-likeness (QED) is 0.753. The van der Waals surface area contributed by atoms with Gasteiger partial charge in [-0.25, -0.2) is 0 Å². The van der Waals surface area contributed by atoms with Crippen LogP contribution in [0.5, 0.6) is 11.8 Å². The first-order chi connectivity index (χ1) is 8.66. The Hall–Kier alpha value is -1.45. The summed E-state index contributed by atoms with van der Waals surface area (Å²) in [5.41, 5.74) is 2.12. The van der Waals surface area contributed by atoms with Crippen LogP contribution in [-0.2, 0) is 19.4 Å². The molecule has 0 bridgehead atoms. The predicted molar refractivity (Wildman–Crippen MR) is 69.5 cm³/mol. The fourth-order valence-electron chi connectivity index (χ4n) is 3.36. The zero-order chi connectivity index (χ0) is 12.7. The van der Waals surface area contributed by atoms with Crippen molar-refractivity contribution in [1.29, 1.82) is 5.41 Å². The fraction of sp³-hybridized carbons (Fsp3) is 0.643. The average molecular weight is 248 g/mol. The van der Waals surface area contributed by atoms with Crippen molar-refractivity contribution in [3.63, 3.8) is 0 Å². The first-order valence-electron chi connectivity index (χ1n) is 6.85. The van der Waals surface area contributed by atoms with Gasteiger partial charge in [-0.15, -0.1) is 0 Å². The molecule has 98 valence electrons. The van der Waals surface area contributed by atoms with Crippen LogP contribution in [0.25, 0.3) is 0 Å². The Balaban J connectivity index is 1.85. The van der Waals surface area contributed by atoms with Crippen molar-refractivity contribution >= 4 is 5.71 Å². The van der Waals surface area contributed by atoms with Gasteiger partial charge in [-0.2, -0.15) is 0 Å². The van der Waals surface area contributed by atoms with Crippen molar-refractivity contribution in [3.8, 4) is 11.8 Å². The van der Waals surface area contributed by atoms with Gasteiger partial charge < -0.3 is 15.6 Å². The second kappa shape index (κ2) is 4.34. The maximum absolute atomic E-state index is 10.2. The monoisotopic (exact) mass is 248 g/mol. The van der Waals surface area contributed by atoms with Crippen LogP contribution in [0.15, 0.2) is 0 Å². The van der Waals surface area contributed by atoms with Crippen molar-refractivity contribution in [3.05, 3.63) is 11.1 Å². The van der Waals surface area contributed by atoms with Crippen LogP contribution in [0.4, 0.5) is 0 Å². The van der Waals surface area contributed by atoms with E-state index in [9.17, 15) is 10.2 Å². The van der Waals surface area contributed by atoms with E-state index in [1.165, 1.54) is 32.1 Å². The summed E-state index contributed by atoms with van der Waals surface area (Å²) in [6, 6.07) is 0. The first-order valence-corrected chi connectivity index (χ1v) is 6.85. The van der Waals surface area contributed by atoms with Gasteiger partial charge in [-0.05, 0) is 18.8 Å². The maximum Gasteiger partial charge on any atom is 0.197 e. The lowest BCUT2D eigenvalue weighted by molar-refractivity contribution is 0.281. The van der Waals surface area contributed by atoms with Gasteiger partial charge in [-0.3, -0.25) is 4.57 Å². The molecule has 1 fully saturated rings. The number of aromatic hydroxyl groups is 2. The third-order valence-corrected chi connectivity index (χ3v) is 4.36. The van der Waals surface area contributed by atoms with Crippen LogP contribution in [0.2, 0.25) is 0 Å². The summed E-state index contributed by atoms with van der Waals surface area (Å²) in [4.78, 5) is 0. The molecule has 2 aliphatic rings. The maximum atomic E-state index is 10.2. The van der Waals surface area contributed by atoms with Crippen LogP contribution in [0.1, 0.15) is 43.2 Å². The van der Waals surface area contributed by atoms with Gasteiger partial charge >= 0.3 is 0 Å². The smallest absolute Gasteiger partial charge is 0.197 e. The van der Waals surface area contributed by atoms with Gasteiger partial charge in [0.1, 0.15) is 0 Å². The van der Waals surface area contributed by atoms with Crippen molar-refractivity contribution in [2.45, 2.75) is 51.5 Å². The Morgan fingerprint density at radius 1 is 1.00 bits per heavy atom. The molecular weight excluding hydrogens is 228 g/mol. The highest BCUT2D eigenvalue weighted by molar-refractivity contribution is 5.92. The molecule has 2 aliphatic carbocycles. The van der Waals surface area contributed by atoms with E-state index in [0.717, 1.165) is 17.7 Å². The Morgan fingerprint density at radius 3 is 2.11 bits per heavy atom. The lowest BCUT2D eigenvalue weighted by Crippen LogP contribution is -2.14. The van der Waals surface area contributed by atoms with Gasteiger partial charge in [0.25, 0.3) is 0 Å². The van der Waals surface area contributed by atoms with E-state index in [1.807, 2.05) is 0 Å². The van der Waals surface area contributed by atoms with Crippen molar-refractivity contribution < 1.29 is 10.2 Å². The molecule has 0 spiro atoms. The Kier molecular flexibility index (Phi) is 2.80. The molecule has 0 atom stereocenters. The molecule has 1 heterocycles. The summed E-state index contributed by atoms with van der Waals surface area (Å²) in [7, 11) is 0. The molecule has 4 heteroatoms. The molecule has 4 nitrogen and oxygen atoms in total. The summed E-state index contributed by atoms with van der Waals surface area (Å²) >= 11 is 0. The van der Waals surface area contributed by atoms with E-state index in [4.69, 9.17) is 5.41 Å². The molecular formula is C14H20N2O2. The number of hydrogen-bond donors (Lipinski definition) is 3. The molecule has 1 aromatic heterocycles. The molecule has 1 aromatic rings. The lowest BCUT2D eigenvalue weighted by atomic mass is 9.89. The normalized spacial score (nSPS) is 20.3. The zero-order valence-corrected chi connectivity index (χ0v) is 10.6. The number of fused-ring (bicyclic) bond motifs is 1. The molecule has 18 heavy (non-hydrogen) atoms. The minimum absolute atomic E-state index is 0.190. The Morgan fingerprint density at radius 2 is 1.56 bits per heavy atom. The molecule has 0 aromatic carbocycles. The van der Waals surface area contributed by atoms with Crippen LogP contribution in [0, 0.1) is 11.3 Å². The van der Waals surface area contributed by atoms with E-state index >= 15 is 0 Å². The van der Waals surface area contributed by atoms with Crippen molar-refractivity contribution in [2.75, 3.05) is 0 Å². The third-order valence-electron chi connectivity index (χ3n) is 4.36. The van der Waals surface area contributed by atoms with E-state index in [1.54, 1.807) is 4.57 Å². The molecule has 0 radical (unpaired) electrons. The zero-order valence-electron chi connectivity index (χ0n) is 10.6. The number of rotatable bonds is 2. The molecule has 0 saturated heterocycles. The molecule has 3 N–H and O–H groups in total. The van der Waals surface area contributed by atoms with E-state index in [2.05, 4.69) is 0 Å². The minimum Gasteiger partial charge on any atom is -0.494 e. The highest BCUT2D eigenvalue weighted by Crippen LogP contribution is 2.40. The largest absolute Gasteiger partial charge is 0.494 e. The Bertz CT molecular complexity index is 453. The lowest BCUT2D eigenvalue weighted by Gasteiger charge is -2.22. The van der Waals surface area contributed by atoms with Crippen LogP contribution in [0.3, 0.4) is 0 Å². The van der Waals surface area contributed by atoms with E-state index in [0.29, 0.717) is 24.5 Å². The summed E-state index contributed by atoms with van der Waals surface area (Å²) in [6.45, 7) is 0.720. The highest BCUT2D eigenvalue weighted by atomic mass is 16.3.